The first-order valence-electron chi connectivity index (χ1n) is 24.3. The van der Waals surface area contributed by atoms with Gasteiger partial charge in [0, 0.05) is 60.9 Å². The monoisotopic (exact) mass is 1060 g/mol. The number of phenolic OH excluding ortho intramolecular Hbond substituents is 1. The number of aromatic hydroxyl groups is 1. The molecule has 1 saturated carbocycles. The molecule has 404 valence electrons. The number of hydroxylamine groups is 1. The molecule has 5 amide bonds. The van der Waals surface area contributed by atoms with Crippen molar-refractivity contribution in [3.05, 3.63) is 83.7 Å². The van der Waals surface area contributed by atoms with Gasteiger partial charge >= 0.3 is 0 Å². The zero-order valence-corrected chi connectivity index (χ0v) is 45.0. The molecule has 21 heteroatoms. The summed E-state index contributed by atoms with van der Waals surface area (Å²) in [5.41, 5.74) is 5.32. The number of carbonyl (C=O) groups is 5. The van der Waals surface area contributed by atoms with E-state index in [2.05, 4.69) is 16.0 Å². The molecule has 2 unspecified atom stereocenters. The Bertz CT molecular complexity index is 2480. The van der Waals surface area contributed by atoms with Gasteiger partial charge < -0.3 is 41.0 Å². The number of primary amides is 1. The lowest BCUT2D eigenvalue weighted by Gasteiger charge is -2.38. The normalized spacial score (nSPS) is 15.2. The highest BCUT2D eigenvalue weighted by molar-refractivity contribution is 7.89. The van der Waals surface area contributed by atoms with Crippen LogP contribution in [0.1, 0.15) is 105 Å². The van der Waals surface area contributed by atoms with Gasteiger partial charge in [-0.1, -0.05) is 66.5 Å². The Hall–Kier alpha value is -5.32. The van der Waals surface area contributed by atoms with Crippen LogP contribution in [0.4, 0.5) is 4.39 Å². The number of hydrogen-bond donors (Lipinski definition) is 8. The standard InChI is InChI=1S/C52H75FN6O12S2/c1-35-25-36(11-20-42(35)60)26-41(46(54)64)57-45(63)27-48(2,3)31-69-32-50(6,7)30-56-44(62)28-51(8,72)34-70-33-49(4,5)29-55-43(61)21-24-59(52(47(65)58-66)22-9-10-23-52)73(67,68)40-18-16-39(17-19-40)71-38-14-12-37(53)13-15-38/h11-20,25,41,60,66,72H,9-10,21-24,26-34H2,1-8H3,(H2,54,64)(H,55,61)(H,56,62)(H,57,63)(H,58,65). The Labute approximate surface area is 434 Å². The van der Waals surface area contributed by atoms with Crippen molar-refractivity contribution in [3.63, 3.8) is 0 Å². The fourth-order valence-electron chi connectivity index (χ4n) is 8.38. The second-order valence-electron chi connectivity index (χ2n) is 21.8. The van der Waals surface area contributed by atoms with Crippen molar-refractivity contribution in [1.82, 2.24) is 25.7 Å². The molecular formula is C52H75FN6O12S2. The zero-order valence-electron chi connectivity index (χ0n) is 43.3. The smallest absolute Gasteiger partial charge is 0.264 e. The van der Waals surface area contributed by atoms with Crippen LogP contribution in [-0.2, 0) is 49.9 Å². The molecule has 3 aromatic carbocycles. The predicted molar refractivity (Wildman–Crippen MR) is 276 cm³/mol. The average molecular weight is 1060 g/mol. The third kappa shape index (κ3) is 18.8. The third-order valence-corrected chi connectivity index (χ3v) is 14.7. The highest BCUT2D eigenvalue weighted by Crippen LogP contribution is 2.40. The fraction of sp³-hybridized carbons (Fsp3) is 0.558. The van der Waals surface area contributed by atoms with Crippen molar-refractivity contribution in [2.75, 3.05) is 46.1 Å². The summed E-state index contributed by atoms with van der Waals surface area (Å²) in [4.78, 5) is 64.6. The Balaban J connectivity index is 1.21. The molecule has 18 nitrogen and oxygen atoms in total. The van der Waals surface area contributed by atoms with Gasteiger partial charge in [0.2, 0.25) is 33.7 Å². The van der Waals surface area contributed by atoms with Crippen molar-refractivity contribution >= 4 is 52.2 Å². The molecule has 0 saturated heterocycles. The number of carbonyl (C=O) groups excluding carboxylic acids is 5. The van der Waals surface area contributed by atoms with Gasteiger partial charge in [-0.2, -0.15) is 16.9 Å². The summed E-state index contributed by atoms with van der Waals surface area (Å²) in [7, 11) is -4.41. The van der Waals surface area contributed by atoms with Gasteiger partial charge in [0.05, 0.1) is 31.3 Å². The minimum Gasteiger partial charge on any atom is -0.508 e. The molecule has 73 heavy (non-hydrogen) atoms. The minimum atomic E-state index is -4.41. The average Bonchev–Trinajstić information content (AvgIpc) is 3.79. The Morgan fingerprint density at radius 1 is 0.781 bits per heavy atom. The SMILES string of the molecule is Cc1cc(CC(NC(=O)CC(C)(C)COCC(C)(C)CNC(=O)CC(C)(S)COCC(C)(C)CNC(=O)CCN(C2(C(=O)NO)CCCC2)S(=O)(=O)c2ccc(Oc3ccc(F)cc3)cc2)C(N)=O)ccc1O. The molecule has 2 atom stereocenters. The van der Waals surface area contributed by atoms with Crippen LogP contribution in [0.3, 0.4) is 0 Å². The molecule has 3 aromatic rings. The van der Waals surface area contributed by atoms with E-state index in [1.807, 2.05) is 41.5 Å². The van der Waals surface area contributed by atoms with Crippen molar-refractivity contribution in [2.45, 2.75) is 128 Å². The van der Waals surface area contributed by atoms with Crippen LogP contribution in [-0.4, -0.2) is 115 Å². The number of thiol groups is 1. The summed E-state index contributed by atoms with van der Waals surface area (Å²) in [6, 6.07) is 14.8. The van der Waals surface area contributed by atoms with E-state index in [4.69, 9.17) is 32.6 Å². The van der Waals surface area contributed by atoms with Crippen LogP contribution in [0.2, 0.25) is 0 Å². The summed E-state index contributed by atoms with van der Waals surface area (Å²) in [6.07, 6.45) is 1.30. The number of hydrogen-bond acceptors (Lipinski definition) is 13. The first kappa shape index (κ1) is 60.2. The summed E-state index contributed by atoms with van der Waals surface area (Å²) in [5, 5.41) is 28.1. The predicted octanol–water partition coefficient (Wildman–Crippen LogP) is 5.86. The van der Waals surface area contributed by atoms with Crippen molar-refractivity contribution in [1.29, 1.82) is 0 Å². The van der Waals surface area contributed by atoms with E-state index in [1.165, 1.54) is 54.6 Å². The van der Waals surface area contributed by atoms with E-state index in [0.717, 1.165) is 9.87 Å². The molecule has 0 heterocycles. The van der Waals surface area contributed by atoms with Crippen molar-refractivity contribution in [3.8, 4) is 17.2 Å². The van der Waals surface area contributed by atoms with Crippen LogP contribution < -0.4 is 31.9 Å². The molecular weight excluding hydrogens is 984 g/mol. The Morgan fingerprint density at radius 3 is 1.86 bits per heavy atom. The van der Waals surface area contributed by atoms with Gasteiger partial charge in [0.25, 0.3) is 5.91 Å². The minimum absolute atomic E-state index is 0.0358. The van der Waals surface area contributed by atoms with Gasteiger partial charge in [0.15, 0.2) is 0 Å². The number of ether oxygens (including phenoxy) is 3. The van der Waals surface area contributed by atoms with Gasteiger partial charge in [-0.15, -0.1) is 0 Å². The molecule has 8 N–H and O–H groups in total. The fourth-order valence-corrected chi connectivity index (χ4v) is 10.4. The molecule has 1 aliphatic rings. The summed E-state index contributed by atoms with van der Waals surface area (Å²) >= 11 is 4.71. The van der Waals surface area contributed by atoms with E-state index in [9.17, 15) is 47.1 Å². The lowest BCUT2D eigenvalue weighted by molar-refractivity contribution is -0.139. The molecule has 0 bridgehead atoms. The van der Waals surface area contributed by atoms with Crippen LogP contribution >= 0.6 is 12.6 Å². The van der Waals surface area contributed by atoms with E-state index >= 15 is 0 Å². The molecule has 0 aliphatic heterocycles. The van der Waals surface area contributed by atoms with Crippen LogP contribution in [0.15, 0.2) is 71.6 Å². The second-order valence-corrected chi connectivity index (χ2v) is 24.7. The van der Waals surface area contributed by atoms with Crippen LogP contribution in [0, 0.1) is 29.0 Å². The second kappa shape index (κ2) is 25.8. The third-order valence-electron chi connectivity index (χ3n) is 12.4. The lowest BCUT2D eigenvalue weighted by atomic mass is 9.89. The van der Waals surface area contributed by atoms with E-state index in [1.54, 1.807) is 31.5 Å². The number of halogens is 1. The number of nitrogens with two attached hydrogens (primary N) is 1. The molecule has 0 radical (unpaired) electrons. The maximum atomic E-state index is 14.3. The molecule has 1 aliphatic carbocycles. The van der Waals surface area contributed by atoms with Crippen LogP contribution in [0.25, 0.3) is 0 Å². The Kier molecular flexibility index (Phi) is 21.3. The van der Waals surface area contributed by atoms with Gasteiger partial charge in [-0.3, -0.25) is 29.2 Å². The summed E-state index contributed by atoms with van der Waals surface area (Å²) in [6.45, 7) is 15.8. The summed E-state index contributed by atoms with van der Waals surface area (Å²) < 4.78 is 59.8. The van der Waals surface area contributed by atoms with E-state index in [0.29, 0.717) is 30.7 Å². The molecule has 0 aromatic heterocycles. The quantitative estimate of drug-likeness (QED) is 0.0231. The topological polar surface area (TPSA) is 265 Å². The number of sulfonamides is 1. The van der Waals surface area contributed by atoms with E-state index in [-0.39, 0.29) is 106 Å². The number of benzene rings is 3. The first-order valence-corrected chi connectivity index (χ1v) is 26.2. The number of aryl methyl sites for hydroxylation is 1. The number of phenols is 1. The van der Waals surface area contributed by atoms with Crippen LogP contribution in [0.5, 0.6) is 17.2 Å². The van der Waals surface area contributed by atoms with Crippen molar-refractivity contribution in [2.24, 2.45) is 22.0 Å². The number of nitrogens with one attached hydrogen (secondary N) is 4. The number of amides is 5. The van der Waals surface area contributed by atoms with Crippen molar-refractivity contribution < 1.29 is 61.3 Å². The van der Waals surface area contributed by atoms with E-state index < -0.39 is 66.1 Å². The Morgan fingerprint density at radius 2 is 1.32 bits per heavy atom. The maximum absolute atomic E-state index is 14.3. The number of nitrogens with zero attached hydrogens (tertiary/aromatic N) is 1. The largest absolute Gasteiger partial charge is 0.508 e. The highest BCUT2D eigenvalue weighted by atomic mass is 32.2. The first-order chi connectivity index (χ1) is 34.0. The number of rotatable bonds is 29. The highest BCUT2D eigenvalue weighted by Gasteiger charge is 2.51. The lowest BCUT2D eigenvalue weighted by Crippen LogP contribution is -2.59. The molecule has 4 rings (SSSR count). The zero-order chi connectivity index (χ0) is 54.4. The van der Waals surface area contributed by atoms with Gasteiger partial charge in [0.1, 0.15) is 34.6 Å². The summed E-state index contributed by atoms with van der Waals surface area (Å²) in [5.74, 6) is -2.33. The van der Waals surface area contributed by atoms with Gasteiger partial charge in [-0.25, -0.2) is 18.3 Å². The maximum Gasteiger partial charge on any atom is 0.264 e. The van der Waals surface area contributed by atoms with Gasteiger partial charge in [-0.05, 0) is 97.8 Å². The molecule has 1 fully saturated rings. The molecule has 0 spiro atoms.